The Balaban J connectivity index is 1.94. The van der Waals surface area contributed by atoms with Gasteiger partial charge in [0.25, 0.3) is 0 Å². The monoisotopic (exact) mass is 280 g/mol. The van der Waals surface area contributed by atoms with E-state index in [1.54, 1.807) is 10.9 Å². The molecule has 2 aromatic heterocycles. The smallest absolute Gasteiger partial charge is 0.155 e. The summed E-state index contributed by atoms with van der Waals surface area (Å²) < 4.78 is 7.33. The third kappa shape index (κ3) is 2.79. The fourth-order valence-corrected chi connectivity index (χ4v) is 2.35. The fourth-order valence-electron chi connectivity index (χ4n) is 2.35. The molecule has 0 N–H and O–H groups in total. The van der Waals surface area contributed by atoms with Crippen molar-refractivity contribution in [3.05, 3.63) is 65.0 Å². The first-order valence-electron chi connectivity index (χ1n) is 6.80. The van der Waals surface area contributed by atoms with Crippen LogP contribution in [0.1, 0.15) is 27.2 Å². The highest BCUT2D eigenvalue weighted by Gasteiger charge is 2.14. The molecule has 0 aliphatic carbocycles. The number of nitrogens with zero attached hydrogens (tertiary/aromatic N) is 2. The molecule has 0 radical (unpaired) electrons. The second-order valence-corrected chi connectivity index (χ2v) is 5.15. The molecule has 0 saturated carbocycles. The maximum atomic E-state index is 11.2. The van der Waals surface area contributed by atoms with E-state index in [0.717, 1.165) is 17.6 Å². The zero-order chi connectivity index (χ0) is 14.8. The van der Waals surface area contributed by atoms with Gasteiger partial charge in [-0.2, -0.15) is 5.10 Å². The van der Waals surface area contributed by atoms with Crippen LogP contribution in [0.2, 0.25) is 0 Å². The molecule has 1 aromatic carbocycles. The van der Waals surface area contributed by atoms with Crippen molar-refractivity contribution in [3.8, 4) is 11.5 Å². The molecule has 0 aliphatic rings. The van der Waals surface area contributed by atoms with Gasteiger partial charge in [0.2, 0.25) is 0 Å². The van der Waals surface area contributed by atoms with Gasteiger partial charge in [-0.15, -0.1) is 0 Å². The van der Waals surface area contributed by atoms with E-state index >= 15 is 0 Å². The van der Waals surface area contributed by atoms with Crippen LogP contribution < -0.4 is 0 Å². The van der Waals surface area contributed by atoms with Crippen LogP contribution in [0, 0.1) is 13.8 Å². The van der Waals surface area contributed by atoms with Gasteiger partial charge in [-0.05, 0) is 31.5 Å². The third-order valence-corrected chi connectivity index (χ3v) is 3.32. The summed E-state index contributed by atoms with van der Waals surface area (Å²) in [5.41, 5.74) is 3.48. The summed E-state index contributed by atoms with van der Waals surface area (Å²) in [4.78, 5) is 11.2. The number of aryl methyl sites for hydroxylation is 2. The van der Waals surface area contributed by atoms with Crippen molar-refractivity contribution in [2.24, 2.45) is 0 Å². The van der Waals surface area contributed by atoms with E-state index in [1.807, 2.05) is 31.2 Å². The quantitative estimate of drug-likeness (QED) is 0.686. The van der Waals surface area contributed by atoms with Gasteiger partial charge >= 0.3 is 0 Å². The highest BCUT2D eigenvalue weighted by molar-refractivity contribution is 5.84. The maximum absolute atomic E-state index is 11.2. The zero-order valence-corrected chi connectivity index (χ0v) is 12.0. The van der Waals surface area contributed by atoms with Gasteiger partial charge in [0.15, 0.2) is 12.0 Å². The van der Waals surface area contributed by atoms with Crippen molar-refractivity contribution in [3.63, 3.8) is 0 Å². The zero-order valence-electron chi connectivity index (χ0n) is 12.0. The molecule has 0 aliphatic heterocycles. The molecule has 0 amide bonds. The lowest BCUT2D eigenvalue weighted by atomic mass is 10.1. The van der Waals surface area contributed by atoms with Crippen LogP contribution in [0.3, 0.4) is 0 Å². The van der Waals surface area contributed by atoms with Crippen LogP contribution in [-0.4, -0.2) is 16.1 Å². The SMILES string of the molecule is Cc1cccc(Cn2cc(C=O)c(-c3ccc(C)o3)n2)c1. The summed E-state index contributed by atoms with van der Waals surface area (Å²) in [6.07, 6.45) is 2.56. The van der Waals surface area contributed by atoms with Gasteiger partial charge in [0, 0.05) is 6.20 Å². The van der Waals surface area contributed by atoms with Gasteiger partial charge in [-0.1, -0.05) is 29.8 Å². The Morgan fingerprint density at radius 2 is 2.10 bits per heavy atom. The number of aromatic nitrogens is 2. The predicted octanol–water partition coefficient (Wildman–Crippen LogP) is 3.62. The van der Waals surface area contributed by atoms with Crippen molar-refractivity contribution in [1.82, 2.24) is 9.78 Å². The van der Waals surface area contributed by atoms with Crippen LogP contribution in [0.4, 0.5) is 0 Å². The minimum Gasteiger partial charge on any atom is -0.460 e. The van der Waals surface area contributed by atoms with Crippen LogP contribution in [0.15, 0.2) is 47.0 Å². The molecular formula is C17H16N2O2. The number of benzene rings is 1. The molecule has 0 fully saturated rings. The lowest BCUT2D eigenvalue weighted by molar-refractivity contribution is 0.112. The summed E-state index contributed by atoms with van der Waals surface area (Å²) in [6, 6.07) is 11.9. The first-order chi connectivity index (χ1) is 10.2. The largest absolute Gasteiger partial charge is 0.460 e. The summed E-state index contributed by atoms with van der Waals surface area (Å²) in [6.45, 7) is 4.55. The summed E-state index contributed by atoms with van der Waals surface area (Å²) in [7, 11) is 0. The van der Waals surface area contributed by atoms with E-state index in [1.165, 1.54) is 5.56 Å². The first-order valence-corrected chi connectivity index (χ1v) is 6.80. The number of aldehydes is 1. The molecule has 3 rings (SSSR count). The molecule has 21 heavy (non-hydrogen) atoms. The van der Waals surface area contributed by atoms with Crippen LogP contribution in [0.25, 0.3) is 11.5 Å². The Labute approximate surface area is 123 Å². The van der Waals surface area contributed by atoms with Crippen molar-refractivity contribution in [1.29, 1.82) is 0 Å². The molecule has 106 valence electrons. The van der Waals surface area contributed by atoms with E-state index < -0.39 is 0 Å². The number of hydrogen-bond acceptors (Lipinski definition) is 3. The minimum atomic E-state index is 0.539. The highest BCUT2D eigenvalue weighted by Crippen LogP contribution is 2.23. The number of hydrogen-bond donors (Lipinski definition) is 0. The fraction of sp³-hybridized carbons (Fsp3) is 0.176. The van der Waals surface area contributed by atoms with Gasteiger partial charge in [0.05, 0.1) is 12.1 Å². The summed E-state index contributed by atoms with van der Waals surface area (Å²) >= 11 is 0. The average molecular weight is 280 g/mol. The standard InChI is InChI=1S/C17H16N2O2/c1-12-4-3-5-14(8-12)9-19-10-15(11-20)17(18-19)16-7-6-13(2)21-16/h3-8,10-11H,9H2,1-2H3. The first kappa shape index (κ1) is 13.4. The normalized spacial score (nSPS) is 10.8. The van der Waals surface area contributed by atoms with Crippen LogP contribution in [-0.2, 0) is 6.54 Å². The van der Waals surface area contributed by atoms with E-state index in [-0.39, 0.29) is 0 Å². The number of furan rings is 1. The Kier molecular flexibility index (Phi) is 3.44. The Morgan fingerprint density at radius 3 is 2.76 bits per heavy atom. The van der Waals surface area contributed by atoms with E-state index in [0.29, 0.717) is 23.6 Å². The van der Waals surface area contributed by atoms with Gasteiger partial charge in [0.1, 0.15) is 11.5 Å². The number of carbonyl (C=O) groups is 1. The molecule has 0 saturated heterocycles. The third-order valence-electron chi connectivity index (χ3n) is 3.32. The van der Waals surface area contributed by atoms with Gasteiger partial charge in [-0.25, -0.2) is 0 Å². The Hall–Kier alpha value is -2.62. The molecule has 0 bridgehead atoms. The highest BCUT2D eigenvalue weighted by atomic mass is 16.3. The molecule has 3 aromatic rings. The molecule has 0 spiro atoms. The topological polar surface area (TPSA) is 48.0 Å². The maximum Gasteiger partial charge on any atom is 0.155 e. The molecule has 2 heterocycles. The van der Waals surface area contributed by atoms with Gasteiger partial charge < -0.3 is 4.42 Å². The average Bonchev–Trinajstić information content (AvgIpc) is 3.05. The van der Waals surface area contributed by atoms with E-state index in [9.17, 15) is 4.79 Å². The van der Waals surface area contributed by atoms with E-state index in [2.05, 4.69) is 24.2 Å². The Morgan fingerprint density at radius 1 is 1.24 bits per heavy atom. The summed E-state index contributed by atoms with van der Waals surface area (Å²) in [5, 5.41) is 4.48. The summed E-state index contributed by atoms with van der Waals surface area (Å²) in [5.74, 6) is 1.42. The molecule has 4 heteroatoms. The lowest BCUT2D eigenvalue weighted by Gasteiger charge is -2.02. The molecule has 0 atom stereocenters. The van der Waals surface area contributed by atoms with Crippen LogP contribution in [0.5, 0.6) is 0 Å². The van der Waals surface area contributed by atoms with Gasteiger partial charge in [-0.3, -0.25) is 9.48 Å². The van der Waals surface area contributed by atoms with Crippen molar-refractivity contribution >= 4 is 6.29 Å². The number of carbonyl (C=O) groups excluding carboxylic acids is 1. The molecule has 4 nitrogen and oxygen atoms in total. The van der Waals surface area contributed by atoms with Crippen molar-refractivity contribution < 1.29 is 9.21 Å². The van der Waals surface area contributed by atoms with Crippen molar-refractivity contribution in [2.75, 3.05) is 0 Å². The number of rotatable bonds is 4. The van der Waals surface area contributed by atoms with Crippen LogP contribution >= 0.6 is 0 Å². The van der Waals surface area contributed by atoms with E-state index in [4.69, 9.17) is 4.42 Å². The lowest BCUT2D eigenvalue weighted by Crippen LogP contribution is -2.00. The van der Waals surface area contributed by atoms with Crippen molar-refractivity contribution in [2.45, 2.75) is 20.4 Å². The second-order valence-electron chi connectivity index (χ2n) is 5.15. The second kappa shape index (κ2) is 5.40. The minimum absolute atomic E-state index is 0.539. The Bertz CT molecular complexity index is 784. The molecular weight excluding hydrogens is 264 g/mol. The predicted molar refractivity (Wildman–Crippen MR) is 80.3 cm³/mol. The molecule has 0 unspecified atom stereocenters.